The lowest BCUT2D eigenvalue weighted by molar-refractivity contribution is -0.145. The van der Waals surface area contributed by atoms with Gasteiger partial charge in [-0.15, -0.1) is 0 Å². The Morgan fingerprint density at radius 2 is 1.97 bits per heavy atom. The van der Waals surface area contributed by atoms with Crippen LogP contribution in [0.4, 0.5) is 10.1 Å². The first-order valence-corrected chi connectivity index (χ1v) is 12.1. The molecule has 2 aliphatic rings. The summed E-state index contributed by atoms with van der Waals surface area (Å²) in [6, 6.07) is 7.97. The summed E-state index contributed by atoms with van der Waals surface area (Å²) in [6.45, 7) is 9.22. The maximum atomic E-state index is 13.8. The Labute approximate surface area is 205 Å². The highest BCUT2D eigenvalue weighted by Gasteiger charge is 2.34. The largest absolute Gasteiger partial charge is 0.368 e. The number of halogens is 2. The molecule has 2 heterocycles. The Morgan fingerprint density at radius 1 is 1.18 bits per heavy atom. The second kappa shape index (κ2) is 10.4. The molecule has 0 aliphatic carbocycles. The first kappa shape index (κ1) is 24.6. The van der Waals surface area contributed by atoms with Crippen molar-refractivity contribution in [3.8, 4) is 0 Å². The van der Waals surface area contributed by atoms with Gasteiger partial charge in [-0.3, -0.25) is 14.5 Å². The highest BCUT2D eigenvalue weighted by Crippen LogP contribution is 2.28. The van der Waals surface area contributed by atoms with E-state index in [4.69, 9.17) is 16.3 Å². The predicted octanol–water partition coefficient (Wildman–Crippen LogP) is 4.56. The van der Waals surface area contributed by atoms with Gasteiger partial charge in [-0.25, -0.2) is 4.39 Å². The van der Waals surface area contributed by atoms with Gasteiger partial charge in [0.15, 0.2) is 0 Å². The molecule has 0 radical (unpaired) electrons. The predicted molar refractivity (Wildman–Crippen MR) is 131 cm³/mol. The zero-order chi connectivity index (χ0) is 24.4. The third-order valence-corrected chi connectivity index (χ3v) is 6.84. The van der Waals surface area contributed by atoms with Gasteiger partial charge in [0, 0.05) is 55.1 Å². The second-order valence-corrected chi connectivity index (χ2v) is 9.76. The molecule has 0 saturated carbocycles. The van der Waals surface area contributed by atoms with Crippen LogP contribution in [0.2, 0.25) is 5.02 Å². The van der Waals surface area contributed by atoms with E-state index < -0.39 is 5.82 Å². The molecule has 2 atom stereocenters. The summed E-state index contributed by atoms with van der Waals surface area (Å²) in [5.41, 5.74) is 3.47. The molecule has 0 aromatic heterocycles. The van der Waals surface area contributed by atoms with Crippen molar-refractivity contribution in [3.05, 3.63) is 63.4 Å². The third-order valence-electron chi connectivity index (χ3n) is 6.63. The van der Waals surface area contributed by atoms with E-state index in [-0.39, 0.29) is 29.5 Å². The molecular weight excluding hydrogens is 457 g/mol. The number of nitrogens with zero attached hydrogens (tertiary/aromatic N) is 2. The number of amides is 2. The summed E-state index contributed by atoms with van der Waals surface area (Å²) in [6.07, 6.45) is 1.45. The van der Waals surface area contributed by atoms with E-state index in [0.717, 1.165) is 37.1 Å². The number of anilines is 1. The van der Waals surface area contributed by atoms with Gasteiger partial charge < -0.3 is 15.0 Å². The highest BCUT2D eigenvalue weighted by atomic mass is 35.5. The first-order chi connectivity index (χ1) is 16.2. The van der Waals surface area contributed by atoms with Crippen LogP contribution in [-0.4, -0.2) is 60.0 Å². The van der Waals surface area contributed by atoms with Gasteiger partial charge in [0.2, 0.25) is 0 Å². The fourth-order valence-electron chi connectivity index (χ4n) is 4.79. The van der Waals surface area contributed by atoms with Gasteiger partial charge in [-0.2, -0.15) is 0 Å². The second-order valence-electron chi connectivity index (χ2n) is 9.33. The quantitative estimate of drug-likeness (QED) is 0.671. The van der Waals surface area contributed by atoms with Gasteiger partial charge in [0.1, 0.15) is 11.9 Å². The van der Waals surface area contributed by atoms with Gasteiger partial charge in [0.05, 0.1) is 0 Å². The summed E-state index contributed by atoms with van der Waals surface area (Å²) in [5.74, 6) is -0.727. The van der Waals surface area contributed by atoms with Crippen molar-refractivity contribution in [2.75, 3.05) is 31.6 Å². The zero-order valence-electron chi connectivity index (χ0n) is 19.9. The zero-order valence-corrected chi connectivity index (χ0v) is 20.6. The van der Waals surface area contributed by atoms with E-state index in [1.165, 1.54) is 12.1 Å². The Hall–Kier alpha value is -2.48. The van der Waals surface area contributed by atoms with Crippen molar-refractivity contribution in [1.29, 1.82) is 0 Å². The minimum Gasteiger partial charge on any atom is -0.368 e. The third kappa shape index (κ3) is 5.59. The van der Waals surface area contributed by atoms with Crippen molar-refractivity contribution in [2.24, 2.45) is 0 Å². The van der Waals surface area contributed by atoms with Crippen LogP contribution in [0.15, 0.2) is 30.3 Å². The fraction of sp³-hybridized carbons (Fsp3) is 0.462. The van der Waals surface area contributed by atoms with Crippen molar-refractivity contribution < 1.29 is 18.7 Å². The first-order valence-electron chi connectivity index (χ1n) is 11.7. The van der Waals surface area contributed by atoms with Crippen LogP contribution < -0.4 is 5.32 Å². The van der Waals surface area contributed by atoms with Gasteiger partial charge in [-0.1, -0.05) is 11.6 Å². The molecule has 2 aromatic rings. The van der Waals surface area contributed by atoms with E-state index in [1.807, 2.05) is 17.9 Å². The van der Waals surface area contributed by atoms with E-state index in [9.17, 15) is 14.0 Å². The molecule has 2 aromatic carbocycles. The Balaban J connectivity index is 1.44. The molecule has 2 fully saturated rings. The lowest BCUT2D eigenvalue weighted by Gasteiger charge is -2.41. The summed E-state index contributed by atoms with van der Waals surface area (Å²) in [4.78, 5) is 29.8. The van der Waals surface area contributed by atoms with Crippen LogP contribution >= 0.6 is 11.6 Å². The van der Waals surface area contributed by atoms with Crippen molar-refractivity contribution >= 4 is 29.1 Å². The fourth-order valence-corrected chi connectivity index (χ4v) is 5.03. The number of carbonyl (C=O) groups excluding carboxylic acids is 2. The van der Waals surface area contributed by atoms with E-state index in [1.54, 1.807) is 19.1 Å². The topological polar surface area (TPSA) is 61.9 Å². The minimum atomic E-state index is -0.445. The molecule has 34 heavy (non-hydrogen) atoms. The molecule has 1 unspecified atom stereocenters. The van der Waals surface area contributed by atoms with Gasteiger partial charge in [-0.05, 0) is 80.6 Å². The van der Waals surface area contributed by atoms with Crippen LogP contribution in [0.3, 0.4) is 0 Å². The minimum absolute atomic E-state index is 0.0836. The summed E-state index contributed by atoms with van der Waals surface area (Å²) >= 11 is 6.39. The van der Waals surface area contributed by atoms with Crippen LogP contribution in [0.25, 0.3) is 0 Å². The van der Waals surface area contributed by atoms with Crippen LogP contribution in [-0.2, 0) is 16.1 Å². The summed E-state index contributed by atoms with van der Waals surface area (Å²) in [5, 5.41) is 3.41. The molecular formula is C26H31ClFN3O3. The average molecular weight is 488 g/mol. The smallest absolute Gasteiger partial charge is 0.255 e. The monoisotopic (exact) mass is 487 g/mol. The number of hydrogen-bond donors (Lipinski definition) is 1. The molecule has 2 aliphatic heterocycles. The molecule has 1 N–H and O–H groups in total. The van der Waals surface area contributed by atoms with E-state index in [2.05, 4.69) is 17.1 Å². The molecule has 0 spiro atoms. The van der Waals surface area contributed by atoms with Crippen molar-refractivity contribution in [3.63, 3.8) is 0 Å². The normalized spacial score (nSPS) is 21.0. The van der Waals surface area contributed by atoms with Crippen LogP contribution in [0, 0.1) is 19.7 Å². The van der Waals surface area contributed by atoms with Gasteiger partial charge >= 0.3 is 0 Å². The van der Waals surface area contributed by atoms with Crippen LogP contribution in [0.5, 0.6) is 0 Å². The van der Waals surface area contributed by atoms with Crippen molar-refractivity contribution in [1.82, 2.24) is 9.80 Å². The van der Waals surface area contributed by atoms with Gasteiger partial charge in [0.25, 0.3) is 11.8 Å². The maximum Gasteiger partial charge on any atom is 0.255 e. The molecule has 182 valence electrons. The Bertz CT molecular complexity index is 1070. The van der Waals surface area contributed by atoms with Crippen LogP contribution in [0.1, 0.15) is 46.8 Å². The number of nitrogens with one attached hydrogen (secondary N) is 1. The number of ether oxygens (including phenoxy) is 1. The summed E-state index contributed by atoms with van der Waals surface area (Å²) < 4.78 is 19.3. The lowest BCUT2D eigenvalue weighted by Crippen LogP contribution is -2.55. The SMILES string of the molecule is Cc1cc(F)cc(C(=O)Nc2cc(Cl)cc(CN3CCN(C(=O)C4CCCO4)[C@@H](C)C3)c2C)c1. The van der Waals surface area contributed by atoms with E-state index in [0.29, 0.717) is 36.0 Å². The number of carbonyl (C=O) groups is 2. The molecule has 2 amide bonds. The lowest BCUT2D eigenvalue weighted by atomic mass is 10.0. The van der Waals surface area contributed by atoms with E-state index >= 15 is 0 Å². The molecule has 8 heteroatoms. The Kier molecular flexibility index (Phi) is 7.55. The number of piperazine rings is 1. The average Bonchev–Trinajstić information content (AvgIpc) is 3.31. The number of hydrogen-bond acceptors (Lipinski definition) is 4. The maximum absolute atomic E-state index is 13.8. The highest BCUT2D eigenvalue weighted by molar-refractivity contribution is 6.31. The number of rotatable bonds is 5. The standard InChI is InChI=1S/C26H31ClFN3O3/c1-16-9-19(12-22(28)10-16)25(32)29-23-13-21(27)11-20(18(23)3)15-30-6-7-31(17(2)14-30)26(33)24-5-4-8-34-24/h9-13,17,24H,4-8,14-15H2,1-3H3,(H,29,32)/t17-,24?/m0/s1. The number of benzene rings is 2. The number of aryl methyl sites for hydroxylation is 1. The molecule has 6 nitrogen and oxygen atoms in total. The van der Waals surface area contributed by atoms with Crippen molar-refractivity contribution in [2.45, 2.75) is 52.3 Å². The molecule has 2 saturated heterocycles. The molecule has 4 rings (SSSR count). The summed E-state index contributed by atoms with van der Waals surface area (Å²) in [7, 11) is 0. The Morgan fingerprint density at radius 3 is 2.65 bits per heavy atom. The molecule has 0 bridgehead atoms.